The quantitative estimate of drug-likeness (QED) is 0.488. The predicted octanol–water partition coefficient (Wildman–Crippen LogP) is -0.436. The zero-order valence-corrected chi connectivity index (χ0v) is 12.5. The van der Waals surface area contributed by atoms with Crippen LogP contribution in [0.15, 0.2) is 54.6 Å². The summed E-state index contributed by atoms with van der Waals surface area (Å²) in [7, 11) is 0. The minimum Gasteiger partial charge on any atom is -0.595 e. The van der Waals surface area contributed by atoms with Crippen molar-refractivity contribution in [2.24, 2.45) is 0 Å². The fourth-order valence-corrected chi connectivity index (χ4v) is 2.57. The number of amides is 2. The zero-order valence-electron chi connectivity index (χ0n) is 12.5. The summed E-state index contributed by atoms with van der Waals surface area (Å²) >= 11 is 0. The fraction of sp³-hybridized carbons (Fsp3) is 0.125. The Morgan fingerprint density at radius 1 is 1.17 bits per heavy atom. The first-order valence-electron chi connectivity index (χ1n) is 7.31. The highest BCUT2D eigenvalue weighted by Crippen LogP contribution is 2.22. The lowest BCUT2D eigenvalue weighted by Crippen LogP contribution is -2.99. The molecule has 2 aromatic carbocycles. The highest BCUT2D eigenvalue weighted by molar-refractivity contribution is 5.98. The molecule has 124 valence electrons. The maximum atomic E-state index is 12.3. The van der Waals surface area contributed by atoms with E-state index in [0.29, 0.717) is 11.1 Å². The van der Waals surface area contributed by atoms with E-state index in [1.165, 1.54) is 12.1 Å². The van der Waals surface area contributed by atoms with Gasteiger partial charge in [0.25, 0.3) is 11.8 Å². The van der Waals surface area contributed by atoms with Crippen molar-refractivity contribution in [2.75, 3.05) is 0 Å². The Morgan fingerprint density at radius 2 is 1.92 bits per heavy atom. The Kier molecular flexibility index (Phi) is 4.54. The summed E-state index contributed by atoms with van der Waals surface area (Å²) in [6.07, 6.45) is 0. The van der Waals surface area contributed by atoms with Gasteiger partial charge in [-0.1, -0.05) is 30.3 Å². The van der Waals surface area contributed by atoms with Crippen LogP contribution in [0.5, 0.6) is 0 Å². The molecule has 24 heavy (non-hydrogen) atoms. The molecule has 0 saturated carbocycles. The molecule has 2 aromatic rings. The van der Waals surface area contributed by atoms with Gasteiger partial charge in [-0.15, -0.1) is 0 Å². The lowest BCUT2D eigenvalue weighted by molar-refractivity contribution is -0.991. The van der Waals surface area contributed by atoms with Crippen LogP contribution in [0.2, 0.25) is 0 Å². The lowest BCUT2D eigenvalue weighted by Gasteiger charge is -2.20. The highest BCUT2D eigenvalue weighted by Gasteiger charge is 2.37. The third-order valence-corrected chi connectivity index (χ3v) is 3.78. The van der Waals surface area contributed by atoms with Crippen LogP contribution in [0.1, 0.15) is 22.0 Å². The minimum atomic E-state index is -1.06. The van der Waals surface area contributed by atoms with Crippen molar-refractivity contribution in [1.29, 1.82) is 0 Å². The molecule has 0 radical (unpaired) electrons. The molecule has 0 bridgehead atoms. The monoisotopic (exact) mass is 328 g/mol. The summed E-state index contributed by atoms with van der Waals surface area (Å²) in [5.41, 5.74) is 6.40. The van der Waals surface area contributed by atoms with Gasteiger partial charge in [0.1, 0.15) is 6.04 Å². The van der Waals surface area contributed by atoms with Crippen LogP contribution in [0.3, 0.4) is 0 Å². The summed E-state index contributed by atoms with van der Waals surface area (Å²) in [6.45, 7) is 0. The van der Waals surface area contributed by atoms with Crippen LogP contribution < -0.4 is 21.4 Å². The van der Waals surface area contributed by atoms with Gasteiger partial charge in [-0.25, -0.2) is 10.6 Å². The van der Waals surface area contributed by atoms with Crippen molar-refractivity contribution < 1.29 is 20.0 Å². The van der Waals surface area contributed by atoms with E-state index >= 15 is 0 Å². The molecule has 1 aliphatic rings. The molecular weight excluding hydrogens is 312 g/mol. The largest absolute Gasteiger partial charge is 0.595 e. The van der Waals surface area contributed by atoms with E-state index in [9.17, 15) is 14.8 Å². The smallest absolute Gasteiger partial charge is 0.258 e. The van der Waals surface area contributed by atoms with E-state index in [0.717, 1.165) is 0 Å². The van der Waals surface area contributed by atoms with Gasteiger partial charge in [0.2, 0.25) is 0 Å². The highest BCUT2D eigenvalue weighted by atomic mass is 16.8. The summed E-state index contributed by atoms with van der Waals surface area (Å²) in [4.78, 5) is 24.3. The van der Waals surface area contributed by atoms with E-state index in [1.54, 1.807) is 42.5 Å². The number of quaternary nitrogens is 1. The number of hydrazine groups is 1. The Bertz CT molecular complexity index is 751. The molecular formula is C16H16N4O4. The van der Waals surface area contributed by atoms with Crippen molar-refractivity contribution in [1.82, 2.24) is 16.2 Å². The van der Waals surface area contributed by atoms with Gasteiger partial charge in [0.15, 0.2) is 5.69 Å². The van der Waals surface area contributed by atoms with E-state index in [4.69, 9.17) is 5.21 Å². The van der Waals surface area contributed by atoms with E-state index in [2.05, 4.69) is 16.2 Å². The number of benzene rings is 2. The van der Waals surface area contributed by atoms with Crippen LogP contribution in [0, 0.1) is 5.21 Å². The Labute approximate surface area is 137 Å². The second-order valence-corrected chi connectivity index (χ2v) is 5.36. The third kappa shape index (κ3) is 3.26. The molecule has 1 fully saturated rings. The first-order chi connectivity index (χ1) is 11.6. The molecule has 1 aliphatic heterocycles. The third-order valence-electron chi connectivity index (χ3n) is 3.78. The van der Waals surface area contributed by atoms with Gasteiger partial charge in [-0.05, 0) is 17.7 Å². The van der Waals surface area contributed by atoms with E-state index in [-0.39, 0.29) is 17.5 Å². The first kappa shape index (κ1) is 16.1. The molecule has 3 atom stereocenters. The molecule has 1 heterocycles. The van der Waals surface area contributed by atoms with Crippen molar-refractivity contribution in [3.63, 3.8) is 0 Å². The molecule has 3 unspecified atom stereocenters. The molecule has 1 saturated heterocycles. The van der Waals surface area contributed by atoms with E-state index in [1.807, 2.05) is 0 Å². The summed E-state index contributed by atoms with van der Waals surface area (Å²) in [6, 6.07) is 13.4. The molecule has 3 rings (SSSR count). The summed E-state index contributed by atoms with van der Waals surface area (Å²) in [5.74, 6) is -0.760. The first-order valence-corrected chi connectivity index (χ1v) is 7.31. The van der Waals surface area contributed by atoms with Crippen LogP contribution >= 0.6 is 0 Å². The van der Waals surface area contributed by atoms with Crippen LogP contribution in [0.4, 0.5) is 5.69 Å². The summed E-state index contributed by atoms with van der Waals surface area (Å²) < 4.78 is 0. The van der Waals surface area contributed by atoms with Crippen LogP contribution in [-0.2, 0) is 4.79 Å². The second kappa shape index (κ2) is 6.77. The Hall–Kier alpha value is -2.78. The van der Waals surface area contributed by atoms with Crippen molar-refractivity contribution >= 4 is 17.5 Å². The average molecular weight is 328 g/mol. The number of hydrogen-bond donors (Lipinski definition) is 5. The SMILES string of the molecule is O=C(NC1C(=O)NNC1c1cccc([NH+]([O-])O)c1)c1ccccc1. The fourth-order valence-electron chi connectivity index (χ4n) is 2.57. The molecule has 0 spiro atoms. The normalized spacial score (nSPS) is 21.2. The Balaban J connectivity index is 1.82. The number of rotatable bonds is 4. The van der Waals surface area contributed by atoms with Gasteiger partial charge in [-0.3, -0.25) is 15.0 Å². The second-order valence-electron chi connectivity index (χ2n) is 5.36. The number of hydrogen-bond acceptors (Lipinski definition) is 5. The minimum absolute atomic E-state index is 0.113. The van der Waals surface area contributed by atoms with Crippen molar-refractivity contribution in [3.05, 3.63) is 70.9 Å². The molecule has 2 amide bonds. The van der Waals surface area contributed by atoms with Crippen LogP contribution in [-0.4, -0.2) is 23.1 Å². The predicted molar refractivity (Wildman–Crippen MR) is 83.9 cm³/mol. The van der Waals surface area contributed by atoms with Crippen molar-refractivity contribution in [2.45, 2.75) is 12.1 Å². The lowest BCUT2D eigenvalue weighted by atomic mass is 10.00. The molecule has 8 heteroatoms. The van der Waals surface area contributed by atoms with Gasteiger partial charge in [-0.2, -0.15) is 5.23 Å². The standard InChI is InChI=1S/C16H16N4O4/c21-15(10-5-2-1-3-6-10)17-14-13(18-19-16(14)22)11-7-4-8-12(9-11)20(23)24/h1-9,13-14,18,20,23H,(H,17,21)(H,19,22). The molecule has 5 N–H and O–H groups in total. The van der Waals surface area contributed by atoms with Gasteiger partial charge in [0.05, 0.1) is 6.04 Å². The van der Waals surface area contributed by atoms with Crippen LogP contribution in [0.25, 0.3) is 0 Å². The topological polar surface area (TPSA) is 118 Å². The molecule has 0 aromatic heterocycles. The maximum Gasteiger partial charge on any atom is 0.258 e. The number of carbonyl (C=O) groups excluding carboxylic acids is 2. The summed E-state index contributed by atoms with van der Waals surface area (Å²) in [5, 5.41) is 21.8. The van der Waals surface area contributed by atoms with E-state index < -0.39 is 17.3 Å². The van der Waals surface area contributed by atoms with Gasteiger partial charge in [0, 0.05) is 17.7 Å². The van der Waals surface area contributed by atoms with Gasteiger partial charge < -0.3 is 10.5 Å². The average Bonchev–Trinajstić information content (AvgIpc) is 2.96. The van der Waals surface area contributed by atoms with Gasteiger partial charge >= 0.3 is 0 Å². The Morgan fingerprint density at radius 3 is 2.62 bits per heavy atom. The zero-order chi connectivity index (χ0) is 17.1. The molecule has 0 aliphatic carbocycles. The number of carbonyl (C=O) groups is 2. The van der Waals surface area contributed by atoms with Crippen molar-refractivity contribution in [3.8, 4) is 0 Å². The number of nitrogens with one attached hydrogen (secondary N) is 4. The maximum absolute atomic E-state index is 12.3. The molecule has 8 nitrogen and oxygen atoms in total.